The van der Waals surface area contributed by atoms with Crippen LogP contribution in [0.3, 0.4) is 0 Å². The molecule has 7 nitrogen and oxygen atoms in total. The summed E-state index contributed by atoms with van der Waals surface area (Å²) in [5.74, 6) is 3.19. The molecule has 2 aliphatic rings. The van der Waals surface area contributed by atoms with Crippen LogP contribution in [-0.4, -0.2) is 46.2 Å². The monoisotopic (exact) mass is 341 g/mol. The zero-order valence-electron chi connectivity index (χ0n) is 14.7. The number of nitrogens with zero attached hydrogens (tertiary/aromatic N) is 5. The molecule has 0 spiro atoms. The fourth-order valence-corrected chi connectivity index (χ4v) is 3.12. The van der Waals surface area contributed by atoms with Gasteiger partial charge in [-0.05, 0) is 32.6 Å². The lowest BCUT2D eigenvalue weighted by Gasteiger charge is -2.33. The summed E-state index contributed by atoms with van der Waals surface area (Å²) in [5, 5.41) is 0. The molecule has 1 aliphatic heterocycles. The van der Waals surface area contributed by atoms with Crippen LogP contribution in [0, 0.1) is 6.92 Å². The Balaban J connectivity index is 1.45. The van der Waals surface area contributed by atoms with Crippen molar-refractivity contribution in [3.63, 3.8) is 0 Å². The van der Waals surface area contributed by atoms with Crippen molar-refractivity contribution in [2.45, 2.75) is 44.6 Å². The molecule has 0 aromatic carbocycles. The van der Waals surface area contributed by atoms with Crippen molar-refractivity contribution < 1.29 is 9.47 Å². The molecular weight excluding hydrogens is 318 g/mol. The average Bonchev–Trinajstić information content (AvgIpc) is 3.47. The van der Waals surface area contributed by atoms with E-state index in [1.165, 1.54) is 12.8 Å². The van der Waals surface area contributed by atoms with Crippen LogP contribution < -0.4 is 14.4 Å². The van der Waals surface area contributed by atoms with Crippen LogP contribution in [0.25, 0.3) is 0 Å². The van der Waals surface area contributed by atoms with Gasteiger partial charge < -0.3 is 14.4 Å². The highest BCUT2D eigenvalue weighted by Gasteiger charge is 2.29. The van der Waals surface area contributed by atoms with E-state index in [1.54, 1.807) is 19.5 Å². The number of methoxy groups -OCH3 is 1. The molecule has 3 heterocycles. The number of hydrogen-bond acceptors (Lipinski definition) is 7. The second kappa shape index (κ2) is 6.82. The molecule has 132 valence electrons. The largest absolute Gasteiger partial charge is 0.494 e. The van der Waals surface area contributed by atoms with Crippen LogP contribution in [0.1, 0.15) is 43.1 Å². The molecule has 2 fully saturated rings. The predicted molar refractivity (Wildman–Crippen MR) is 93.2 cm³/mol. The van der Waals surface area contributed by atoms with Gasteiger partial charge in [-0.15, -0.1) is 0 Å². The first-order valence-corrected chi connectivity index (χ1v) is 8.84. The third kappa shape index (κ3) is 3.81. The molecular formula is C18H23N5O2. The third-order valence-electron chi connectivity index (χ3n) is 4.61. The molecule has 4 rings (SSSR count). The second-order valence-electron chi connectivity index (χ2n) is 6.73. The Morgan fingerprint density at radius 2 is 1.92 bits per heavy atom. The van der Waals surface area contributed by atoms with E-state index in [4.69, 9.17) is 14.5 Å². The Labute approximate surface area is 147 Å². The minimum absolute atomic E-state index is 0.0572. The number of ether oxygens (including phenoxy) is 2. The van der Waals surface area contributed by atoms with E-state index in [-0.39, 0.29) is 6.10 Å². The minimum atomic E-state index is 0.0572. The molecule has 0 bridgehead atoms. The van der Waals surface area contributed by atoms with Crippen molar-refractivity contribution in [2.75, 3.05) is 25.1 Å². The first kappa shape index (κ1) is 16.1. The molecule has 2 aromatic heterocycles. The summed E-state index contributed by atoms with van der Waals surface area (Å²) < 4.78 is 11.0. The highest BCUT2D eigenvalue weighted by molar-refractivity contribution is 5.41. The van der Waals surface area contributed by atoms with Crippen LogP contribution in [0.2, 0.25) is 0 Å². The maximum Gasteiger partial charge on any atom is 0.316 e. The molecule has 7 heteroatoms. The average molecular weight is 341 g/mol. The lowest BCUT2D eigenvalue weighted by atomic mass is 10.1. The van der Waals surface area contributed by atoms with Gasteiger partial charge in [-0.1, -0.05) is 0 Å². The fraction of sp³-hybridized carbons (Fsp3) is 0.556. The molecule has 0 amide bonds. The summed E-state index contributed by atoms with van der Waals surface area (Å²) in [4.78, 5) is 20.1. The van der Waals surface area contributed by atoms with E-state index in [0.717, 1.165) is 43.3 Å². The molecule has 0 radical (unpaired) electrons. The maximum atomic E-state index is 5.96. The number of piperidine rings is 1. The van der Waals surface area contributed by atoms with Gasteiger partial charge in [-0.3, -0.25) is 0 Å². The van der Waals surface area contributed by atoms with Crippen molar-refractivity contribution in [3.8, 4) is 11.8 Å². The quantitative estimate of drug-likeness (QED) is 0.827. The summed E-state index contributed by atoms with van der Waals surface area (Å²) in [5.41, 5.74) is 1.04. The highest BCUT2D eigenvalue weighted by Crippen LogP contribution is 2.38. The van der Waals surface area contributed by atoms with Crippen LogP contribution in [0.4, 0.5) is 5.82 Å². The van der Waals surface area contributed by atoms with Crippen LogP contribution in [-0.2, 0) is 0 Å². The van der Waals surface area contributed by atoms with Crippen LogP contribution in [0.5, 0.6) is 11.8 Å². The first-order valence-electron chi connectivity index (χ1n) is 8.84. The van der Waals surface area contributed by atoms with Crippen molar-refractivity contribution in [1.29, 1.82) is 0 Å². The number of anilines is 1. The van der Waals surface area contributed by atoms with Crippen LogP contribution >= 0.6 is 0 Å². The summed E-state index contributed by atoms with van der Waals surface area (Å²) in [6, 6.07) is 2.46. The number of hydrogen-bond donors (Lipinski definition) is 0. The molecule has 1 saturated carbocycles. The van der Waals surface area contributed by atoms with Gasteiger partial charge in [-0.25, -0.2) is 9.97 Å². The van der Waals surface area contributed by atoms with Crippen molar-refractivity contribution in [2.24, 2.45) is 0 Å². The number of aromatic nitrogens is 4. The molecule has 1 atom stereocenters. The van der Waals surface area contributed by atoms with E-state index in [9.17, 15) is 0 Å². The lowest BCUT2D eigenvalue weighted by Crippen LogP contribution is -2.42. The van der Waals surface area contributed by atoms with E-state index in [0.29, 0.717) is 17.7 Å². The number of aryl methyl sites for hydroxylation is 1. The Hall–Kier alpha value is -2.44. The topological polar surface area (TPSA) is 73.3 Å². The summed E-state index contributed by atoms with van der Waals surface area (Å²) in [6.07, 6.45) is 7.78. The normalized spacial score (nSPS) is 20.4. The zero-order valence-corrected chi connectivity index (χ0v) is 14.7. The van der Waals surface area contributed by atoms with Gasteiger partial charge >= 0.3 is 6.01 Å². The van der Waals surface area contributed by atoms with Gasteiger partial charge in [0, 0.05) is 24.2 Å². The van der Waals surface area contributed by atoms with Crippen LogP contribution in [0.15, 0.2) is 18.5 Å². The van der Waals surface area contributed by atoms with Crippen molar-refractivity contribution in [3.05, 3.63) is 30.0 Å². The second-order valence-corrected chi connectivity index (χ2v) is 6.73. The Kier molecular flexibility index (Phi) is 4.38. The third-order valence-corrected chi connectivity index (χ3v) is 4.61. The smallest absolute Gasteiger partial charge is 0.316 e. The van der Waals surface area contributed by atoms with Crippen molar-refractivity contribution >= 4 is 5.82 Å². The standard InChI is InChI=1S/C18H23N5O2/c1-12-8-16(22-17(21-12)13-5-6-13)23-7-3-4-14(11-23)25-18-19-9-15(24-2)10-20-18/h8-10,13-14H,3-7,11H2,1-2H3. The Bertz CT molecular complexity index is 733. The molecule has 25 heavy (non-hydrogen) atoms. The predicted octanol–water partition coefficient (Wildman–Crippen LogP) is 2.51. The molecule has 1 saturated heterocycles. The van der Waals surface area contributed by atoms with E-state index in [2.05, 4.69) is 25.9 Å². The first-order chi connectivity index (χ1) is 12.2. The fourth-order valence-electron chi connectivity index (χ4n) is 3.12. The Morgan fingerprint density at radius 1 is 1.12 bits per heavy atom. The van der Waals surface area contributed by atoms with Gasteiger partial charge in [0.2, 0.25) is 0 Å². The van der Waals surface area contributed by atoms with Crippen molar-refractivity contribution in [1.82, 2.24) is 19.9 Å². The number of rotatable bonds is 5. The van der Waals surface area contributed by atoms with Gasteiger partial charge in [-0.2, -0.15) is 9.97 Å². The summed E-state index contributed by atoms with van der Waals surface area (Å²) in [7, 11) is 1.60. The van der Waals surface area contributed by atoms with E-state index in [1.807, 2.05) is 6.92 Å². The maximum absolute atomic E-state index is 5.96. The van der Waals surface area contributed by atoms with Gasteiger partial charge in [0.15, 0.2) is 5.75 Å². The van der Waals surface area contributed by atoms with Gasteiger partial charge in [0.25, 0.3) is 0 Å². The molecule has 1 unspecified atom stereocenters. The van der Waals surface area contributed by atoms with Gasteiger partial charge in [0.1, 0.15) is 17.7 Å². The SMILES string of the molecule is COc1cnc(OC2CCCN(c3cc(C)nc(C4CC4)n3)C2)nc1. The van der Waals surface area contributed by atoms with E-state index < -0.39 is 0 Å². The minimum Gasteiger partial charge on any atom is -0.494 e. The zero-order chi connectivity index (χ0) is 17.2. The van der Waals surface area contributed by atoms with E-state index >= 15 is 0 Å². The summed E-state index contributed by atoms with van der Waals surface area (Å²) in [6.45, 7) is 3.82. The lowest BCUT2D eigenvalue weighted by molar-refractivity contribution is 0.163. The Morgan fingerprint density at radius 3 is 2.64 bits per heavy atom. The summed E-state index contributed by atoms with van der Waals surface area (Å²) >= 11 is 0. The highest BCUT2D eigenvalue weighted by atomic mass is 16.5. The molecule has 1 aliphatic carbocycles. The van der Waals surface area contributed by atoms with Gasteiger partial charge in [0.05, 0.1) is 26.0 Å². The molecule has 2 aromatic rings. The molecule has 0 N–H and O–H groups in total.